The second kappa shape index (κ2) is 7.20. The molecule has 4 aromatic carbocycles. The number of hydrogen-bond acceptors (Lipinski definition) is 1. The lowest BCUT2D eigenvalue weighted by Crippen LogP contribution is -1.93. The largest absolute Gasteiger partial charge is 0.298 e. The zero-order valence-corrected chi connectivity index (χ0v) is 14.3. The van der Waals surface area contributed by atoms with Gasteiger partial charge in [0.25, 0.3) is 0 Å². The fraction of sp³-hybridized carbons (Fsp3) is 0. The third-order valence-electron chi connectivity index (χ3n) is 4.59. The van der Waals surface area contributed by atoms with Crippen molar-refractivity contribution >= 4 is 6.29 Å². The molecule has 0 aliphatic carbocycles. The van der Waals surface area contributed by atoms with Gasteiger partial charge in [-0.2, -0.15) is 0 Å². The van der Waals surface area contributed by atoms with Crippen LogP contribution in [0, 0.1) is 0 Å². The van der Waals surface area contributed by atoms with Crippen molar-refractivity contribution in [2.24, 2.45) is 0 Å². The third-order valence-corrected chi connectivity index (χ3v) is 4.59. The van der Waals surface area contributed by atoms with Gasteiger partial charge in [0, 0.05) is 5.56 Å². The molecule has 0 heterocycles. The van der Waals surface area contributed by atoms with Crippen molar-refractivity contribution in [1.82, 2.24) is 0 Å². The molecule has 0 aliphatic rings. The minimum absolute atomic E-state index is 0.704. The van der Waals surface area contributed by atoms with Gasteiger partial charge in [-0.05, 0) is 33.4 Å². The zero-order valence-electron chi connectivity index (χ0n) is 14.3. The molecule has 1 heteroatoms. The van der Waals surface area contributed by atoms with E-state index < -0.39 is 0 Å². The molecule has 124 valence electrons. The summed E-state index contributed by atoms with van der Waals surface area (Å²) >= 11 is 0. The van der Waals surface area contributed by atoms with Crippen molar-refractivity contribution < 1.29 is 4.79 Å². The Morgan fingerprint density at radius 2 is 1.00 bits per heavy atom. The highest BCUT2D eigenvalue weighted by Crippen LogP contribution is 2.40. The average molecular weight is 334 g/mol. The molecule has 26 heavy (non-hydrogen) atoms. The summed E-state index contributed by atoms with van der Waals surface area (Å²) in [6.07, 6.45) is 0.930. The summed E-state index contributed by atoms with van der Waals surface area (Å²) in [5.74, 6) is 0. The van der Waals surface area contributed by atoms with Crippen LogP contribution in [0.15, 0.2) is 103 Å². The molecule has 0 atom stereocenters. The van der Waals surface area contributed by atoms with E-state index in [0.717, 1.165) is 39.7 Å². The predicted molar refractivity (Wildman–Crippen MR) is 108 cm³/mol. The van der Waals surface area contributed by atoms with Crippen LogP contribution < -0.4 is 0 Å². The quantitative estimate of drug-likeness (QED) is 0.389. The Morgan fingerprint density at radius 1 is 0.462 bits per heavy atom. The van der Waals surface area contributed by atoms with Crippen molar-refractivity contribution in [3.05, 3.63) is 109 Å². The maximum absolute atomic E-state index is 11.6. The molecule has 0 N–H and O–H groups in total. The van der Waals surface area contributed by atoms with Crippen molar-refractivity contribution in [2.45, 2.75) is 0 Å². The van der Waals surface area contributed by atoms with Gasteiger partial charge in [-0.3, -0.25) is 4.79 Å². The van der Waals surface area contributed by atoms with Crippen molar-refractivity contribution in [3.8, 4) is 33.4 Å². The van der Waals surface area contributed by atoms with Gasteiger partial charge in [0.15, 0.2) is 6.29 Å². The van der Waals surface area contributed by atoms with Crippen molar-refractivity contribution in [2.75, 3.05) is 0 Å². The zero-order chi connectivity index (χ0) is 17.8. The van der Waals surface area contributed by atoms with Gasteiger partial charge < -0.3 is 0 Å². The second-order valence-electron chi connectivity index (χ2n) is 6.17. The Bertz CT molecular complexity index is 1030. The maximum Gasteiger partial charge on any atom is 0.150 e. The molecule has 0 aromatic heterocycles. The van der Waals surface area contributed by atoms with Crippen LogP contribution >= 0.6 is 0 Å². The molecule has 0 radical (unpaired) electrons. The highest BCUT2D eigenvalue weighted by Gasteiger charge is 2.15. The van der Waals surface area contributed by atoms with Crippen molar-refractivity contribution in [3.63, 3.8) is 0 Å². The monoisotopic (exact) mass is 334 g/mol. The molecule has 4 rings (SSSR count). The average Bonchev–Trinajstić information content (AvgIpc) is 2.74. The van der Waals surface area contributed by atoms with Crippen LogP contribution in [0.1, 0.15) is 10.4 Å². The van der Waals surface area contributed by atoms with Gasteiger partial charge in [0.05, 0.1) is 0 Å². The molecule has 0 saturated heterocycles. The lowest BCUT2D eigenvalue weighted by atomic mass is 9.86. The first-order valence-corrected chi connectivity index (χ1v) is 8.67. The van der Waals surface area contributed by atoms with E-state index in [4.69, 9.17) is 0 Å². The molecule has 0 bridgehead atoms. The first-order valence-electron chi connectivity index (χ1n) is 8.67. The van der Waals surface area contributed by atoms with Crippen LogP contribution in [-0.4, -0.2) is 6.29 Å². The maximum atomic E-state index is 11.6. The molecule has 0 spiro atoms. The molecular formula is C25H18O. The number of hydrogen-bond donors (Lipinski definition) is 0. The van der Waals surface area contributed by atoms with E-state index in [1.54, 1.807) is 0 Å². The minimum atomic E-state index is 0.704. The highest BCUT2D eigenvalue weighted by atomic mass is 16.1. The van der Waals surface area contributed by atoms with E-state index in [2.05, 4.69) is 54.6 Å². The van der Waals surface area contributed by atoms with E-state index in [9.17, 15) is 4.79 Å². The molecule has 0 fully saturated rings. The van der Waals surface area contributed by atoms with E-state index in [-0.39, 0.29) is 0 Å². The topological polar surface area (TPSA) is 17.1 Å². The highest BCUT2D eigenvalue weighted by molar-refractivity contribution is 5.98. The Kier molecular flexibility index (Phi) is 4.44. The van der Waals surface area contributed by atoms with Crippen LogP contribution in [0.4, 0.5) is 0 Å². The van der Waals surface area contributed by atoms with E-state index >= 15 is 0 Å². The van der Waals surface area contributed by atoms with Gasteiger partial charge in [0.1, 0.15) is 0 Å². The first kappa shape index (κ1) is 16.0. The number of carbonyl (C=O) groups is 1. The third kappa shape index (κ3) is 2.96. The van der Waals surface area contributed by atoms with E-state index in [0.29, 0.717) is 5.56 Å². The molecule has 0 amide bonds. The molecule has 0 saturated carbocycles. The Labute approximate surface area is 153 Å². The Balaban J connectivity index is 2.06. The summed E-state index contributed by atoms with van der Waals surface area (Å²) in [6.45, 7) is 0. The summed E-state index contributed by atoms with van der Waals surface area (Å²) in [4.78, 5) is 11.6. The fourth-order valence-corrected chi connectivity index (χ4v) is 3.40. The van der Waals surface area contributed by atoms with Crippen LogP contribution in [0.5, 0.6) is 0 Å². The number of aldehydes is 1. The van der Waals surface area contributed by atoms with Gasteiger partial charge in [-0.25, -0.2) is 0 Å². The smallest absolute Gasteiger partial charge is 0.150 e. The fourth-order valence-electron chi connectivity index (χ4n) is 3.40. The number of carbonyl (C=O) groups excluding carboxylic acids is 1. The first-order chi connectivity index (χ1) is 12.9. The Morgan fingerprint density at radius 3 is 1.69 bits per heavy atom. The summed E-state index contributed by atoms with van der Waals surface area (Å²) in [5, 5.41) is 0. The van der Waals surface area contributed by atoms with Gasteiger partial charge in [-0.15, -0.1) is 0 Å². The molecule has 0 aliphatic heterocycles. The van der Waals surface area contributed by atoms with Gasteiger partial charge in [0.2, 0.25) is 0 Å². The second-order valence-corrected chi connectivity index (χ2v) is 6.17. The van der Waals surface area contributed by atoms with Crippen LogP contribution in [-0.2, 0) is 0 Å². The Hall–Kier alpha value is -3.45. The number of benzene rings is 4. The van der Waals surface area contributed by atoms with Crippen LogP contribution in [0.25, 0.3) is 33.4 Å². The minimum Gasteiger partial charge on any atom is -0.298 e. The van der Waals surface area contributed by atoms with Crippen molar-refractivity contribution in [1.29, 1.82) is 0 Å². The lowest BCUT2D eigenvalue weighted by Gasteiger charge is -2.17. The van der Waals surface area contributed by atoms with Crippen LogP contribution in [0.3, 0.4) is 0 Å². The van der Waals surface area contributed by atoms with E-state index in [1.165, 1.54) is 0 Å². The summed E-state index contributed by atoms with van der Waals surface area (Å²) in [5.41, 5.74) is 7.34. The normalized spacial score (nSPS) is 10.5. The lowest BCUT2D eigenvalue weighted by molar-refractivity contribution is 0.112. The molecular weight excluding hydrogens is 316 g/mol. The van der Waals surface area contributed by atoms with Gasteiger partial charge in [-0.1, -0.05) is 103 Å². The predicted octanol–water partition coefficient (Wildman–Crippen LogP) is 6.50. The number of rotatable bonds is 4. The van der Waals surface area contributed by atoms with Gasteiger partial charge >= 0.3 is 0 Å². The standard InChI is InChI=1S/C25H18O/c26-18-21-14-7-8-15-22(21)24-17-9-16-23(19-10-3-1-4-11-19)25(24)20-12-5-2-6-13-20/h1-18H. The SMILES string of the molecule is O=Cc1ccccc1-c1cccc(-c2ccccc2)c1-c1ccccc1. The molecule has 0 unspecified atom stereocenters. The summed E-state index contributed by atoms with van der Waals surface area (Å²) in [7, 11) is 0. The molecule has 4 aromatic rings. The van der Waals surface area contributed by atoms with Crippen LogP contribution in [0.2, 0.25) is 0 Å². The summed E-state index contributed by atoms with van der Waals surface area (Å²) < 4.78 is 0. The molecule has 1 nitrogen and oxygen atoms in total. The summed E-state index contributed by atoms with van der Waals surface area (Å²) in [6, 6.07) is 34.8. The van der Waals surface area contributed by atoms with E-state index in [1.807, 2.05) is 48.5 Å².